The lowest BCUT2D eigenvalue weighted by Crippen LogP contribution is -2.34. The van der Waals surface area contributed by atoms with E-state index in [2.05, 4.69) is 41.6 Å². The number of carbonyl (C=O) groups excluding carboxylic acids is 1. The zero-order chi connectivity index (χ0) is 23.5. The molecule has 0 aliphatic heterocycles. The minimum absolute atomic E-state index is 0.240. The predicted octanol–water partition coefficient (Wildman–Crippen LogP) is 6.75. The Morgan fingerprint density at radius 2 is 1.79 bits per heavy atom. The summed E-state index contributed by atoms with van der Waals surface area (Å²) >= 11 is 5.31. The standard InChI is InChI=1S/C27H27N3O2S/c1-5-16(2)20-10-13-24-23(15-20)29-26(32-24)19-8-11-22(12-9-19)28-27(33)30-25(31)21-7-6-17(3)18(4)14-21/h6-16H,5H2,1-4H3,(H2,28,30,31,33)/t16-/m0/s1. The van der Waals surface area contributed by atoms with Crippen molar-refractivity contribution < 1.29 is 9.21 Å². The number of thiocarbonyl (C=S) groups is 1. The van der Waals surface area contributed by atoms with Gasteiger partial charge in [-0.25, -0.2) is 4.98 Å². The molecule has 6 heteroatoms. The number of anilines is 1. The molecule has 0 bridgehead atoms. The molecule has 2 N–H and O–H groups in total. The number of hydrogen-bond donors (Lipinski definition) is 2. The molecule has 0 radical (unpaired) electrons. The van der Waals surface area contributed by atoms with Gasteiger partial charge in [-0.2, -0.15) is 0 Å². The Hall–Kier alpha value is -3.51. The molecule has 4 aromatic rings. The van der Waals surface area contributed by atoms with E-state index in [0.717, 1.165) is 39.9 Å². The highest BCUT2D eigenvalue weighted by Gasteiger charge is 2.12. The third-order valence-corrected chi connectivity index (χ3v) is 6.18. The molecule has 0 aliphatic carbocycles. The lowest BCUT2D eigenvalue weighted by Gasteiger charge is -2.10. The number of aromatic nitrogens is 1. The fraction of sp³-hybridized carbons (Fsp3) is 0.222. The van der Waals surface area contributed by atoms with Crippen LogP contribution in [0.4, 0.5) is 5.69 Å². The lowest BCUT2D eigenvalue weighted by molar-refractivity contribution is 0.0977. The minimum atomic E-state index is -0.240. The molecule has 0 aliphatic rings. The molecule has 5 nitrogen and oxygen atoms in total. The molecule has 1 aromatic heterocycles. The minimum Gasteiger partial charge on any atom is -0.436 e. The first-order chi connectivity index (χ1) is 15.8. The molecule has 1 atom stereocenters. The van der Waals surface area contributed by atoms with Crippen molar-refractivity contribution in [1.29, 1.82) is 0 Å². The Morgan fingerprint density at radius 1 is 1.03 bits per heavy atom. The van der Waals surface area contributed by atoms with Gasteiger partial charge in [0.05, 0.1) is 0 Å². The number of fused-ring (bicyclic) bond motifs is 1. The summed E-state index contributed by atoms with van der Waals surface area (Å²) in [7, 11) is 0. The van der Waals surface area contributed by atoms with Gasteiger partial charge in [-0.1, -0.05) is 26.0 Å². The largest absolute Gasteiger partial charge is 0.436 e. The Bertz CT molecular complexity index is 1330. The summed E-state index contributed by atoms with van der Waals surface area (Å²) in [6.45, 7) is 8.38. The average molecular weight is 458 g/mol. The van der Waals surface area contributed by atoms with Crippen LogP contribution in [-0.4, -0.2) is 16.0 Å². The molecule has 4 rings (SSSR count). The summed E-state index contributed by atoms with van der Waals surface area (Å²) in [6.07, 6.45) is 1.08. The molecule has 33 heavy (non-hydrogen) atoms. The molecular formula is C27H27N3O2S. The van der Waals surface area contributed by atoms with Gasteiger partial charge >= 0.3 is 0 Å². The van der Waals surface area contributed by atoms with Gasteiger partial charge in [0.25, 0.3) is 5.91 Å². The van der Waals surface area contributed by atoms with Crippen LogP contribution in [0, 0.1) is 13.8 Å². The monoisotopic (exact) mass is 457 g/mol. The third-order valence-electron chi connectivity index (χ3n) is 5.98. The van der Waals surface area contributed by atoms with Crippen molar-refractivity contribution in [2.45, 2.75) is 40.0 Å². The number of benzene rings is 3. The highest BCUT2D eigenvalue weighted by atomic mass is 32.1. The van der Waals surface area contributed by atoms with Gasteiger partial charge in [-0.3, -0.25) is 10.1 Å². The maximum Gasteiger partial charge on any atom is 0.257 e. The van der Waals surface area contributed by atoms with Gasteiger partial charge in [0.2, 0.25) is 5.89 Å². The fourth-order valence-corrected chi connectivity index (χ4v) is 3.74. The van der Waals surface area contributed by atoms with Gasteiger partial charge < -0.3 is 9.73 Å². The highest BCUT2D eigenvalue weighted by Crippen LogP contribution is 2.28. The molecular weight excluding hydrogens is 430 g/mol. The number of hydrogen-bond acceptors (Lipinski definition) is 4. The van der Waals surface area contributed by atoms with Crippen molar-refractivity contribution in [2.75, 3.05) is 5.32 Å². The summed E-state index contributed by atoms with van der Waals surface area (Å²) in [4.78, 5) is 17.1. The van der Waals surface area contributed by atoms with Crippen LogP contribution in [0.15, 0.2) is 65.1 Å². The number of aryl methyl sites for hydroxylation is 2. The molecule has 1 amide bonds. The number of nitrogens with one attached hydrogen (secondary N) is 2. The van der Waals surface area contributed by atoms with Crippen molar-refractivity contribution in [1.82, 2.24) is 10.3 Å². The summed E-state index contributed by atoms with van der Waals surface area (Å²) in [6, 6.07) is 19.3. The molecule has 0 spiro atoms. The van der Waals surface area contributed by atoms with Crippen LogP contribution in [-0.2, 0) is 0 Å². The second-order valence-electron chi connectivity index (χ2n) is 8.34. The van der Waals surface area contributed by atoms with Crippen LogP contribution in [0.2, 0.25) is 0 Å². The van der Waals surface area contributed by atoms with E-state index in [1.807, 2.05) is 56.3 Å². The van der Waals surface area contributed by atoms with Crippen LogP contribution in [0.25, 0.3) is 22.6 Å². The van der Waals surface area contributed by atoms with Crippen LogP contribution in [0.5, 0.6) is 0 Å². The quantitative estimate of drug-likeness (QED) is 0.324. The van der Waals surface area contributed by atoms with Crippen molar-refractivity contribution in [3.8, 4) is 11.5 Å². The molecule has 0 fully saturated rings. The van der Waals surface area contributed by atoms with Crippen LogP contribution in [0.1, 0.15) is 53.2 Å². The van der Waals surface area contributed by atoms with E-state index >= 15 is 0 Å². The number of carbonyl (C=O) groups is 1. The van der Waals surface area contributed by atoms with Crippen molar-refractivity contribution in [3.63, 3.8) is 0 Å². The first-order valence-electron chi connectivity index (χ1n) is 11.0. The first-order valence-corrected chi connectivity index (χ1v) is 11.5. The smallest absolute Gasteiger partial charge is 0.257 e. The van der Waals surface area contributed by atoms with Crippen molar-refractivity contribution in [2.24, 2.45) is 0 Å². The molecule has 3 aromatic carbocycles. The maximum atomic E-state index is 12.5. The van der Waals surface area contributed by atoms with Crippen LogP contribution < -0.4 is 10.6 Å². The predicted molar refractivity (Wildman–Crippen MR) is 138 cm³/mol. The SMILES string of the molecule is CC[C@H](C)c1ccc2oc(-c3ccc(NC(=S)NC(=O)c4ccc(C)c(C)c4)cc3)nc2c1. The normalized spacial score (nSPS) is 11.9. The zero-order valence-corrected chi connectivity index (χ0v) is 20.0. The van der Waals surface area contributed by atoms with Gasteiger partial charge in [-0.15, -0.1) is 0 Å². The second kappa shape index (κ2) is 9.55. The van der Waals surface area contributed by atoms with E-state index < -0.39 is 0 Å². The van der Waals surface area contributed by atoms with Gasteiger partial charge in [0.1, 0.15) is 5.52 Å². The molecule has 168 valence electrons. The van der Waals surface area contributed by atoms with Gasteiger partial charge in [0, 0.05) is 16.8 Å². The molecule has 0 saturated carbocycles. The van der Waals surface area contributed by atoms with Gasteiger partial charge in [-0.05, 0) is 104 Å². The first kappa shape index (κ1) is 22.7. The number of oxazole rings is 1. The lowest BCUT2D eigenvalue weighted by atomic mass is 9.98. The Morgan fingerprint density at radius 3 is 2.48 bits per heavy atom. The van der Waals surface area contributed by atoms with E-state index in [9.17, 15) is 4.79 Å². The topological polar surface area (TPSA) is 67.2 Å². The number of rotatable bonds is 5. The van der Waals surface area contributed by atoms with Crippen LogP contribution in [0.3, 0.4) is 0 Å². The van der Waals surface area contributed by atoms with E-state index in [1.54, 1.807) is 6.07 Å². The van der Waals surface area contributed by atoms with Crippen molar-refractivity contribution >= 4 is 40.0 Å². The second-order valence-corrected chi connectivity index (χ2v) is 8.75. The Balaban J connectivity index is 1.43. The fourth-order valence-electron chi connectivity index (χ4n) is 3.53. The summed E-state index contributed by atoms with van der Waals surface area (Å²) in [5, 5.41) is 6.01. The van der Waals surface area contributed by atoms with E-state index in [4.69, 9.17) is 16.6 Å². The summed E-state index contributed by atoms with van der Waals surface area (Å²) in [5.74, 6) is 0.818. The van der Waals surface area contributed by atoms with E-state index in [0.29, 0.717) is 17.4 Å². The number of nitrogens with zero attached hydrogens (tertiary/aromatic N) is 1. The molecule has 1 heterocycles. The highest BCUT2D eigenvalue weighted by molar-refractivity contribution is 7.80. The average Bonchev–Trinajstić information content (AvgIpc) is 3.24. The third kappa shape index (κ3) is 5.12. The number of amides is 1. The molecule has 0 saturated heterocycles. The Labute approximate surface area is 199 Å². The van der Waals surface area contributed by atoms with E-state index in [1.165, 1.54) is 5.56 Å². The Kier molecular flexibility index (Phi) is 6.56. The maximum absolute atomic E-state index is 12.5. The van der Waals surface area contributed by atoms with Crippen LogP contribution >= 0.6 is 12.2 Å². The summed E-state index contributed by atoms with van der Waals surface area (Å²) < 4.78 is 5.95. The van der Waals surface area contributed by atoms with E-state index in [-0.39, 0.29) is 11.0 Å². The zero-order valence-electron chi connectivity index (χ0n) is 19.2. The summed E-state index contributed by atoms with van der Waals surface area (Å²) in [5.41, 5.74) is 7.31. The molecule has 0 unspecified atom stereocenters. The van der Waals surface area contributed by atoms with Gasteiger partial charge in [0.15, 0.2) is 10.7 Å². The van der Waals surface area contributed by atoms with Crippen molar-refractivity contribution in [3.05, 3.63) is 82.9 Å².